The lowest BCUT2D eigenvalue weighted by Crippen LogP contribution is -2.73. The first-order valence-corrected chi connectivity index (χ1v) is 22.9. The maximum absolute atomic E-state index is 4.22. The van der Waals surface area contributed by atoms with Crippen LogP contribution in [0.4, 0.5) is 0 Å². The van der Waals surface area contributed by atoms with E-state index in [1.807, 2.05) is 0 Å². The van der Waals surface area contributed by atoms with Crippen LogP contribution >= 0.6 is 0 Å². The predicted octanol–water partition coefficient (Wildman–Crippen LogP) is 2.82. The Labute approximate surface area is 111 Å². The number of rotatable bonds is 2. The van der Waals surface area contributed by atoms with Crippen LogP contribution in [0.1, 0.15) is 0 Å². The molecule has 0 nitrogen and oxygen atoms in total. The van der Waals surface area contributed by atoms with Crippen LogP contribution in [0.15, 0.2) is 0 Å². The van der Waals surface area contributed by atoms with Crippen LogP contribution in [-0.4, -0.2) is 48.9 Å². The quantitative estimate of drug-likeness (QED) is 0.688. The first kappa shape index (κ1) is 13.7. The van der Waals surface area contributed by atoms with Gasteiger partial charge in [-0.1, -0.05) is 62.5 Å². The highest BCUT2D eigenvalue weighted by atomic mass is 29.6. The number of hydrogen-bond acceptors (Lipinski definition) is 0. The van der Waals surface area contributed by atoms with Crippen molar-refractivity contribution in [1.82, 2.24) is 0 Å². The van der Waals surface area contributed by atoms with Gasteiger partial charge in [-0.05, 0) is 0 Å². The van der Waals surface area contributed by atoms with E-state index in [2.05, 4.69) is 45.7 Å². The van der Waals surface area contributed by atoms with Crippen LogP contribution in [0.3, 0.4) is 0 Å². The van der Waals surface area contributed by atoms with E-state index in [4.69, 9.17) is 0 Å². The average molecular weight is 313 g/mol. The molecule has 3 rings (SSSR count). The summed E-state index contributed by atoms with van der Waals surface area (Å²) < 4.78 is 0. The zero-order valence-electron chi connectivity index (χ0n) is 11.2. The Morgan fingerprint density at radius 2 is 0.812 bits per heavy atom. The van der Waals surface area contributed by atoms with E-state index in [1.165, 1.54) is 0 Å². The maximum atomic E-state index is 4.22. The van der Waals surface area contributed by atoms with E-state index >= 15 is 0 Å². The molecule has 3 fully saturated rings. The minimum Gasteiger partial charge on any atom is -0.0737 e. The van der Waals surface area contributed by atoms with Gasteiger partial charge >= 0.3 is 0 Å². The normalized spacial score (nSPS) is 40.1. The molecule has 0 spiro atoms. The van der Waals surface area contributed by atoms with Gasteiger partial charge in [-0.25, -0.2) is 0 Å². The van der Waals surface area contributed by atoms with Gasteiger partial charge in [-0.3, -0.25) is 0 Å². The van der Waals surface area contributed by atoms with Gasteiger partial charge in [0.05, 0.1) is 0 Å². The molecule has 16 heavy (non-hydrogen) atoms. The standard InChI is InChI=1S/C10H24Si6/c1-13(2,11)15-5-8-16(9-6-15,10-7-15)14(3,4)12/h5-10H2,1-4H3. The molecule has 0 aromatic heterocycles. The summed E-state index contributed by atoms with van der Waals surface area (Å²) in [5.74, 6) is 0. The molecule has 6 radical (unpaired) electrons. The smallest absolute Gasteiger partial charge is 0.0431 e. The van der Waals surface area contributed by atoms with Crippen molar-refractivity contribution in [2.75, 3.05) is 0 Å². The van der Waals surface area contributed by atoms with Crippen molar-refractivity contribution in [3.05, 3.63) is 0 Å². The minimum atomic E-state index is -0.995. The van der Waals surface area contributed by atoms with Crippen LogP contribution in [-0.2, 0) is 0 Å². The minimum absolute atomic E-state index is 0.830. The van der Waals surface area contributed by atoms with Crippen molar-refractivity contribution < 1.29 is 0 Å². The molecule has 3 heterocycles. The molecule has 0 aromatic rings. The zero-order valence-corrected chi connectivity index (χ0v) is 17.2. The van der Waals surface area contributed by atoms with Crippen molar-refractivity contribution in [3.63, 3.8) is 0 Å². The predicted molar refractivity (Wildman–Crippen MR) is 86.8 cm³/mol. The second-order valence-electron chi connectivity index (χ2n) is 7.31. The maximum Gasteiger partial charge on any atom is 0.0431 e. The highest BCUT2D eigenvalue weighted by Gasteiger charge is 2.59. The van der Waals surface area contributed by atoms with Crippen LogP contribution in [0.5, 0.6) is 0 Å². The molecule has 3 saturated heterocycles. The molecule has 0 N–H and O–H groups in total. The fraction of sp³-hybridized carbons (Fsp3) is 1.00. The summed E-state index contributed by atoms with van der Waals surface area (Å²) in [6.45, 7) is 10.4. The molecule has 0 saturated carbocycles. The highest BCUT2D eigenvalue weighted by Crippen LogP contribution is 2.53. The average Bonchev–Trinajstić information content (AvgIpc) is 2.17. The van der Waals surface area contributed by atoms with Gasteiger partial charge in [-0.15, -0.1) is 0 Å². The van der Waals surface area contributed by atoms with Crippen molar-refractivity contribution in [2.45, 2.75) is 62.5 Å². The Hall–Kier alpha value is 1.30. The van der Waals surface area contributed by atoms with E-state index in [9.17, 15) is 0 Å². The summed E-state index contributed by atoms with van der Waals surface area (Å²) in [5.41, 5.74) is 0. The zero-order chi connectivity index (χ0) is 12.2. The van der Waals surface area contributed by atoms with E-state index in [1.54, 1.807) is 36.3 Å². The van der Waals surface area contributed by atoms with Gasteiger partial charge in [0.1, 0.15) is 0 Å². The van der Waals surface area contributed by atoms with E-state index in [0.29, 0.717) is 0 Å². The second kappa shape index (κ2) is 3.90. The summed E-state index contributed by atoms with van der Waals surface area (Å²) >= 11 is 0. The lowest BCUT2D eigenvalue weighted by atomic mass is 10.8. The third-order valence-corrected chi connectivity index (χ3v) is 49.9. The van der Waals surface area contributed by atoms with E-state index < -0.39 is 29.4 Å². The molecule has 3 aliphatic heterocycles. The molecule has 2 bridgehead atoms. The first-order valence-electron chi connectivity index (χ1n) is 6.62. The van der Waals surface area contributed by atoms with Gasteiger partial charge in [0.25, 0.3) is 0 Å². The highest BCUT2D eigenvalue weighted by molar-refractivity contribution is 7.62. The fourth-order valence-corrected chi connectivity index (χ4v) is 45.5. The molecule has 0 atom stereocenters. The van der Waals surface area contributed by atoms with E-state index in [-0.39, 0.29) is 0 Å². The summed E-state index contributed by atoms with van der Waals surface area (Å²) in [4.78, 5) is 0. The van der Waals surface area contributed by atoms with Gasteiger partial charge in [0.15, 0.2) is 0 Å². The molecule has 0 amide bonds. The monoisotopic (exact) mass is 312 g/mol. The topological polar surface area (TPSA) is 0 Å². The molecule has 0 aromatic carbocycles. The van der Waals surface area contributed by atoms with Crippen LogP contribution in [0, 0.1) is 0 Å². The van der Waals surface area contributed by atoms with Crippen molar-refractivity contribution in [3.8, 4) is 0 Å². The van der Waals surface area contributed by atoms with Gasteiger partial charge in [0.2, 0.25) is 0 Å². The van der Waals surface area contributed by atoms with Gasteiger partial charge in [-0.2, -0.15) is 0 Å². The molecule has 6 heteroatoms. The number of hydrogen-bond donors (Lipinski definition) is 0. The third-order valence-electron chi connectivity index (χ3n) is 5.90. The summed E-state index contributed by atoms with van der Waals surface area (Å²) in [6, 6.07) is 10.2. The molecule has 0 unspecified atom stereocenters. The second-order valence-corrected chi connectivity index (χ2v) is 46.3. The van der Waals surface area contributed by atoms with Gasteiger partial charge < -0.3 is 0 Å². The van der Waals surface area contributed by atoms with Crippen LogP contribution < -0.4 is 0 Å². The van der Waals surface area contributed by atoms with Crippen LogP contribution in [0.25, 0.3) is 0 Å². The van der Waals surface area contributed by atoms with Gasteiger partial charge in [0, 0.05) is 48.9 Å². The first-order chi connectivity index (χ1) is 7.12. The Balaban J connectivity index is 2.22. The van der Waals surface area contributed by atoms with E-state index in [0.717, 1.165) is 0 Å². The Bertz CT molecular complexity index is 232. The van der Waals surface area contributed by atoms with Crippen molar-refractivity contribution in [2.24, 2.45) is 0 Å². The summed E-state index contributed by atoms with van der Waals surface area (Å²) in [7, 11) is 4.79. The molecular formula is C10H24Si6. The van der Waals surface area contributed by atoms with Crippen LogP contribution in [0.2, 0.25) is 62.5 Å². The summed E-state index contributed by atoms with van der Waals surface area (Å²) in [5, 5.41) is 0. The molecule has 0 aliphatic carbocycles. The largest absolute Gasteiger partial charge is 0.0737 e. The Morgan fingerprint density at radius 3 is 0.938 bits per heavy atom. The SMILES string of the molecule is C[Si](C)([Si])[Si]12CC[Si]([Si](C)(C)[Si])(CC1)CC2. The number of fused-ring (bicyclic) bond motifs is 3. The lowest BCUT2D eigenvalue weighted by Gasteiger charge is -2.60. The molecule has 88 valence electrons. The summed E-state index contributed by atoms with van der Waals surface area (Å²) in [6.07, 6.45) is 0. The lowest BCUT2D eigenvalue weighted by molar-refractivity contribution is 1.02. The Morgan fingerprint density at radius 1 is 0.625 bits per heavy atom. The van der Waals surface area contributed by atoms with Crippen molar-refractivity contribution in [1.29, 1.82) is 0 Å². The Kier molecular flexibility index (Phi) is 3.34. The third kappa shape index (κ3) is 1.93. The fourth-order valence-electron chi connectivity index (χ4n) is 4.06. The van der Waals surface area contributed by atoms with Crippen molar-refractivity contribution >= 4 is 48.9 Å². The molecular weight excluding hydrogens is 289 g/mol. The molecule has 3 aliphatic rings.